The van der Waals surface area contributed by atoms with E-state index in [4.69, 9.17) is 15.3 Å². The minimum Gasteiger partial charge on any atom is -0.480 e. The Morgan fingerprint density at radius 2 is 2.33 bits per heavy atom. The third-order valence-electron chi connectivity index (χ3n) is 2.20. The number of rotatable bonds is 7. The quantitative estimate of drug-likeness (QED) is 0.671. The number of hydrogen-bond donors (Lipinski definition) is 3. The number of carboxylic acid groups (broad SMARTS) is 1. The topological polar surface area (TPSA) is 106 Å². The second-order valence-electron chi connectivity index (χ2n) is 3.76. The van der Waals surface area contributed by atoms with Gasteiger partial charge in [-0.3, -0.25) is 9.59 Å². The predicted octanol–water partition coefficient (Wildman–Crippen LogP) is 0.602. The number of thioether (sulfide) groups is 1. The van der Waals surface area contributed by atoms with Crippen molar-refractivity contribution in [2.45, 2.75) is 19.0 Å². The summed E-state index contributed by atoms with van der Waals surface area (Å²) in [6, 6.07) is 2.38. The first-order valence-electron chi connectivity index (χ1n) is 5.39. The molecule has 0 saturated heterocycles. The zero-order chi connectivity index (χ0) is 13.5. The molecule has 6 nitrogen and oxygen atoms in total. The summed E-state index contributed by atoms with van der Waals surface area (Å²) in [6.45, 7) is 1.81. The Bertz CT molecular complexity index is 394. The molecule has 0 fully saturated rings. The summed E-state index contributed by atoms with van der Waals surface area (Å²) < 4.78 is 5.15. The number of hydrogen-bond acceptors (Lipinski definition) is 5. The van der Waals surface area contributed by atoms with Gasteiger partial charge in [-0.15, -0.1) is 11.8 Å². The summed E-state index contributed by atoms with van der Waals surface area (Å²) in [7, 11) is 0. The van der Waals surface area contributed by atoms with Gasteiger partial charge in [-0.1, -0.05) is 0 Å². The number of furan rings is 1. The van der Waals surface area contributed by atoms with Crippen molar-refractivity contribution in [3.05, 3.63) is 24.2 Å². The minimum atomic E-state index is -1.06. The van der Waals surface area contributed by atoms with Crippen LogP contribution in [0.4, 0.5) is 0 Å². The summed E-state index contributed by atoms with van der Waals surface area (Å²) in [4.78, 5) is 22.0. The van der Waals surface area contributed by atoms with Crippen molar-refractivity contribution < 1.29 is 19.1 Å². The van der Waals surface area contributed by atoms with E-state index in [-0.39, 0.29) is 23.5 Å². The zero-order valence-corrected chi connectivity index (χ0v) is 10.8. The van der Waals surface area contributed by atoms with Crippen molar-refractivity contribution in [3.8, 4) is 0 Å². The second-order valence-corrected chi connectivity index (χ2v) is 4.79. The van der Waals surface area contributed by atoms with Gasteiger partial charge in [0, 0.05) is 5.75 Å². The fourth-order valence-corrected chi connectivity index (χ4v) is 2.02. The molecule has 2 unspecified atom stereocenters. The van der Waals surface area contributed by atoms with Crippen LogP contribution in [0, 0.1) is 0 Å². The highest BCUT2D eigenvalue weighted by Crippen LogP contribution is 2.12. The molecule has 0 radical (unpaired) electrons. The van der Waals surface area contributed by atoms with Crippen LogP contribution in [0.25, 0.3) is 0 Å². The molecule has 7 heteroatoms. The molecule has 1 aromatic rings. The maximum Gasteiger partial charge on any atom is 0.321 e. The monoisotopic (exact) mass is 272 g/mol. The van der Waals surface area contributed by atoms with Crippen molar-refractivity contribution in [2.24, 2.45) is 5.73 Å². The first kappa shape index (κ1) is 14.6. The lowest BCUT2D eigenvalue weighted by Crippen LogP contribution is -2.34. The normalized spacial score (nSPS) is 13.9. The molecule has 1 amide bonds. The second kappa shape index (κ2) is 7.07. The lowest BCUT2D eigenvalue weighted by molar-refractivity contribution is -0.138. The molecule has 1 rings (SSSR count). The number of nitrogens with one attached hydrogen (secondary N) is 1. The largest absolute Gasteiger partial charge is 0.480 e. The van der Waals surface area contributed by atoms with Crippen molar-refractivity contribution in [2.75, 3.05) is 11.5 Å². The van der Waals surface area contributed by atoms with Gasteiger partial charge in [0.05, 0.1) is 18.1 Å². The molecule has 0 saturated carbocycles. The molecular weight excluding hydrogens is 256 g/mol. The Morgan fingerprint density at radius 1 is 1.61 bits per heavy atom. The molecule has 2 atom stereocenters. The van der Waals surface area contributed by atoms with E-state index < -0.39 is 12.0 Å². The SMILES string of the molecule is CC(NC(=O)CSCC(N)C(=O)O)c1ccco1. The van der Waals surface area contributed by atoms with E-state index in [0.717, 1.165) is 0 Å². The Kier molecular flexibility index (Phi) is 5.73. The van der Waals surface area contributed by atoms with Gasteiger partial charge in [0.2, 0.25) is 5.91 Å². The highest BCUT2D eigenvalue weighted by Gasteiger charge is 2.14. The smallest absolute Gasteiger partial charge is 0.321 e. The van der Waals surface area contributed by atoms with Crippen LogP contribution in [0.5, 0.6) is 0 Å². The summed E-state index contributed by atoms with van der Waals surface area (Å²) >= 11 is 1.19. The first-order chi connectivity index (χ1) is 8.50. The molecular formula is C11H16N2O4S. The van der Waals surface area contributed by atoms with Crippen molar-refractivity contribution >= 4 is 23.6 Å². The molecule has 1 heterocycles. The first-order valence-corrected chi connectivity index (χ1v) is 6.55. The van der Waals surface area contributed by atoms with Crippen LogP contribution in [0.2, 0.25) is 0 Å². The maximum atomic E-state index is 11.5. The van der Waals surface area contributed by atoms with Gasteiger partial charge in [0.25, 0.3) is 0 Å². The fourth-order valence-electron chi connectivity index (χ4n) is 1.24. The van der Waals surface area contributed by atoms with Gasteiger partial charge >= 0.3 is 5.97 Å². The molecule has 0 aliphatic rings. The number of carbonyl (C=O) groups is 2. The van der Waals surface area contributed by atoms with Crippen molar-refractivity contribution in [1.82, 2.24) is 5.32 Å². The predicted molar refractivity (Wildman–Crippen MR) is 68.2 cm³/mol. The van der Waals surface area contributed by atoms with Gasteiger partial charge < -0.3 is 20.6 Å². The molecule has 4 N–H and O–H groups in total. The number of nitrogens with two attached hydrogens (primary N) is 1. The van der Waals surface area contributed by atoms with Crippen molar-refractivity contribution in [3.63, 3.8) is 0 Å². The fraction of sp³-hybridized carbons (Fsp3) is 0.455. The average Bonchev–Trinajstić information content (AvgIpc) is 2.81. The molecule has 0 aliphatic heterocycles. The van der Waals surface area contributed by atoms with Gasteiger partial charge in [-0.05, 0) is 19.1 Å². The molecule has 0 aliphatic carbocycles. The third-order valence-corrected chi connectivity index (χ3v) is 3.26. The van der Waals surface area contributed by atoms with Crippen molar-refractivity contribution in [1.29, 1.82) is 0 Å². The van der Waals surface area contributed by atoms with Crippen LogP contribution in [0.15, 0.2) is 22.8 Å². The van der Waals surface area contributed by atoms with Crippen LogP contribution >= 0.6 is 11.8 Å². The molecule has 0 bridgehead atoms. The van der Waals surface area contributed by atoms with E-state index in [1.54, 1.807) is 18.4 Å². The van der Waals surface area contributed by atoms with Gasteiger partial charge in [0.1, 0.15) is 11.8 Å². The standard InChI is InChI=1S/C11H16N2O4S/c1-7(9-3-2-4-17-9)13-10(14)6-18-5-8(12)11(15)16/h2-4,7-8H,5-6,12H2,1H3,(H,13,14)(H,15,16). The lowest BCUT2D eigenvalue weighted by Gasteiger charge is -2.11. The van der Waals surface area contributed by atoms with E-state index in [9.17, 15) is 9.59 Å². The lowest BCUT2D eigenvalue weighted by atomic mass is 10.2. The van der Waals surface area contributed by atoms with Crippen LogP contribution in [-0.2, 0) is 9.59 Å². The van der Waals surface area contributed by atoms with E-state index in [1.165, 1.54) is 11.8 Å². The maximum absolute atomic E-state index is 11.5. The summed E-state index contributed by atoms with van der Waals surface area (Å²) in [5.74, 6) is -0.187. The Labute approximate surface area is 109 Å². The number of amides is 1. The third kappa shape index (κ3) is 4.80. The Morgan fingerprint density at radius 3 is 2.89 bits per heavy atom. The van der Waals surface area contributed by atoms with E-state index in [1.807, 2.05) is 6.92 Å². The molecule has 100 valence electrons. The average molecular weight is 272 g/mol. The van der Waals surface area contributed by atoms with Crippen LogP contribution in [0.1, 0.15) is 18.7 Å². The number of carboxylic acids is 1. The van der Waals surface area contributed by atoms with E-state index in [2.05, 4.69) is 5.32 Å². The molecule has 1 aromatic heterocycles. The Hall–Kier alpha value is -1.47. The zero-order valence-electron chi connectivity index (χ0n) is 9.96. The summed E-state index contributed by atoms with van der Waals surface area (Å²) in [5.41, 5.74) is 5.31. The van der Waals surface area contributed by atoms with E-state index >= 15 is 0 Å². The highest BCUT2D eigenvalue weighted by molar-refractivity contribution is 8.00. The molecule has 0 spiro atoms. The highest BCUT2D eigenvalue weighted by atomic mass is 32.2. The van der Waals surface area contributed by atoms with Crippen LogP contribution < -0.4 is 11.1 Å². The van der Waals surface area contributed by atoms with Gasteiger partial charge in [-0.25, -0.2) is 0 Å². The van der Waals surface area contributed by atoms with Gasteiger partial charge in [0.15, 0.2) is 0 Å². The Balaban J connectivity index is 2.24. The molecule has 0 aromatic carbocycles. The minimum absolute atomic E-state index is 0.173. The van der Waals surface area contributed by atoms with Crippen LogP contribution in [0.3, 0.4) is 0 Å². The number of aliphatic carboxylic acids is 1. The van der Waals surface area contributed by atoms with Crippen LogP contribution in [-0.4, -0.2) is 34.5 Å². The summed E-state index contributed by atoms with van der Waals surface area (Å²) in [6.07, 6.45) is 1.54. The van der Waals surface area contributed by atoms with Gasteiger partial charge in [-0.2, -0.15) is 0 Å². The summed E-state index contributed by atoms with van der Waals surface area (Å²) in [5, 5.41) is 11.3. The number of carbonyl (C=O) groups excluding carboxylic acids is 1. The molecule has 18 heavy (non-hydrogen) atoms. The van der Waals surface area contributed by atoms with E-state index in [0.29, 0.717) is 5.76 Å².